The molecule has 0 fully saturated rings. The molecule has 0 radical (unpaired) electrons. The first-order valence-corrected chi connectivity index (χ1v) is 9.96. The van der Waals surface area contributed by atoms with Crippen molar-refractivity contribution in [3.05, 3.63) is 105 Å². The molecule has 6 nitrogen and oxygen atoms in total. The van der Waals surface area contributed by atoms with Crippen molar-refractivity contribution in [3.63, 3.8) is 0 Å². The van der Waals surface area contributed by atoms with Gasteiger partial charge in [0.2, 0.25) is 11.3 Å². The molecular formula is C24H18ClN3O3. The summed E-state index contributed by atoms with van der Waals surface area (Å²) >= 11 is 5.88. The molecule has 0 atom stereocenters. The van der Waals surface area contributed by atoms with Gasteiger partial charge < -0.3 is 9.88 Å². The van der Waals surface area contributed by atoms with E-state index in [1.54, 1.807) is 73.7 Å². The summed E-state index contributed by atoms with van der Waals surface area (Å²) in [6.07, 6.45) is 1.41. The average Bonchev–Trinajstić information content (AvgIpc) is 2.77. The molecule has 154 valence electrons. The zero-order valence-electron chi connectivity index (χ0n) is 16.6. The first-order valence-electron chi connectivity index (χ1n) is 9.58. The Morgan fingerprint density at radius 2 is 1.71 bits per heavy atom. The molecule has 2 heterocycles. The number of nitrogens with zero attached hydrogens (tertiary/aromatic N) is 2. The van der Waals surface area contributed by atoms with Crippen molar-refractivity contribution < 1.29 is 9.59 Å². The minimum absolute atomic E-state index is 0.0105. The van der Waals surface area contributed by atoms with Crippen LogP contribution >= 0.6 is 11.6 Å². The number of fused-ring (bicyclic) bond motifs is 1. The van der Waals surface area contributed by atoms with Crippen LogP contribution in [0.3, 0.4) is 0 Å². The first kappa shape index (κ1) is 20.5. The van der Waals surface area contributed by atoms with Gasteiger partial charge in [0.15, 0.2) is 5.78 Å². The second-order valence-electron chi connectivity index (χ2n) is 7.07. The number of aromatic nitrogens is 2. The normalized spacial score (nSPS) is 10.8. The number of halogens is 1. The first-order chi connectivity index (χ1) is 14.9. The Balaban J connectivity index is 1.76. The maximum atomic E-state index is 13.0. The van der Waals surface area contributed by atoms with Gasteiger partial charge >= 0.3 is 0 Å². The van der Waals surface area contributed by atoms with Crippen molar-refractivity contribution in [1.29, 1.82) is 0 Å². The zero-order chi connectivity index (χ0) is 22.0. The molecule has 7 heteroatoms. The minimum atomic E-state index is -0.411. The van der Waals surface area contributed by atoms with Gasteiger partial charge in [0.05, 0.1) is 10.9 Å². The zero-order valence-corrected chi connectivity index (χ0v) is 17.4. The van der Waals surface area contributed by atoms with E-state index in [0.717, 1.165) is 0 Å². The van der Waals surface area contributed by atoms with Crippen LogP contribution in [0.1, 0.15) is 21.6 Å². The van der Waals surface area contributed by atoms with Crippen LogP contribution in [-0.4, -0.2) is 21.2 Å². The highest BCUT2D eigenvalue weighted by atomic mass is 35.5. The van der Waals surface area contributed by atoms with E-state index in [2.05, 4.69) is 10.3 Å². The van der Waals surface area contributed by atoms with Crippen molar-refractivity contribution >= 4 is 40.0 Å². The second kappa shape index (κ2) is 8.53. The monoisotopic (exact) mass is 431 g/mol. The van der Waals surface area contributed by atoms with Gasteiger partial charge in [-0.25, -0.2) is 4.98 Å². The lowest BCUT2D eigenvalue weighted by Gasteiger charge is -2.13. The number of hydrogen-bond acceptors (Lipinski definition) is 4. The number of anilines is 1. The van der Waals surface area contributed by atoms with Crippen molar-refractivity contribution in [3.8, 4) is 0 Å². The fraction of sp³-hybridized carbons (Fsp3) is 0.0833. The highest BCUT2D eigenvalue weighted by Gasteiger charge is 2.19. The molecule has 0 saturated heterocycles. The number of carbonyl (C=O) groups excluding carboxylic acids is 2. The Morgan fingerprint density at radius 3 is 2.42 bits per heavy atom. The molecule has 2 aromatic carbocycles. The van der Waals surface area contributed by atoms with Gasteiger partial charge in [0.25, 0.3) is 0 Å². The van der Waals surface area contributed by atoms with E-state index < -0.39 is 11.2 Å². The summed E-state index contributed by atoms with van der Waals surface area (Å²) in [4.78, 5) is 43.1. The van der Waals surface area contributed by atoms with E-state index in [-0.39, 0.29) is 23.4 Å². The maximum Gasteiger partial charge on any atom is 0.244 e. The largest absolute Gasteiger partial charge is 0.325 e. The Kier molecular flexibility index (Phi) is 5.64. The van der Waals surface area contributed by atoms with Crippen LogP contribution in [0.2, 0.25) is 5.02 Å². The smallest absolute Gasteiger partial charge is 0.244 e. The highest BCUT2D eigenvalue weighted by Crippen LogP contribution is 2.16. The molecule has 1 N–H and O–H groups in total. The summed E-state index contributed by atoms with van der Waals surface area (Å²) in [6.45, 7) is 1.68. The lowest BCUT2D eigenvalue weighted by Crippen LogP contribution is -2.24. The molecule has 1 amide bonds. The van der Waals surface area contributed by atoms with Crippen LogP contribution in [0.4, 0.5) is 5.69 Å². The second-order valence-corrected chi connectivity index (χ2v) is 7.51. The Hall–Kier alpha value is -3.77. The van der Waals surface area contributed by atoms with E-state index in [0.29, 0.717) is 27.6 Å². The van der Waals surface area contributed by atoms with Crippen LogP contribution in [0.5, 0.6) is 0 Å². The SMILES string of the molecule is Cc1ccc2c(=O)c(C(=O)c3ccccc3)cn(CC(=O)Nc3ccc(Cl)cc3)c2n1. The molecule has 0 bridgehead atoms. The van der Waals surface area contributed by atoms with E-state index in [4.69, 9.17) is 11.6 Å². The van der Waals surface area contributed by atoms with Crippen LogP contribution in [0.25, 0.3) is 11.0 Å². The Morgan fingerprint density at radius 1 is 1.00 bits per heavy atom. The van der Waals surface area contributed by atoms with Crippen molar-refractivity contribution in [2.45, 2.75) is 13.5 Å². The number of ketones is 1. The lowest BCUT2D eigenvalue weighted by atomic mass is 10.0. The predicted octanol–water partition coefficient (Wildman–Crippen LogP) is 4.23. The third-order valence-electron chi connectivity index (χ3n) is 4.78. The van der Waals surface area contributed by atoms with Gasteiger partial charge in [-0.2, -0.15) is 0 Å². The van der Waals surface area contributed by atoms with Gasteiger partial charge in [-0.05, 0) is 43.3 Å². The molecule has 0 aliphatic heterocycles. The number of rotatable bonds is 5. The quantitative estimate of drug-likeness (QED) is 0.479. The van der Waals surface area contributed by atoms with Crippen molar-refractivity contribution in [2.24, 2.45) is 0 Å². The van der Waals surface area contributed by atoms with E-state index in [1.165, 1.54) is 10.8 Å². The molecule has 0 aliphatic rings. The summed E-state index contributed by atoms with van der Waals surface area (Å²) in [5, 5.41) is 3.63. The fourth-order valence-electron chi connectivity index (χ4n) is 3.28. The highest BCUT2D eigenvalue weighted by molar-refractivity contribution is 6.30. The molecule has 0 unspecified atom stereocenters. The van der Waals surface area contributed by atoms with Crippen LogP contribution in [-0.2, 0) is 11.3 Å². The number of hydrogen-bond donors (Lipinski definition) is 1. The summed E-state index contributed by atoms with van der Waals surface area (Å²) in [7, 11) is 0. The predicted molar refractivity (Wildman–Crippen MR) is 121 cm³/mol. The fourth-order valence-corrected chi connectivity index (χ4v) is 3.40. The third kappa shape index (κ3) is 4.39. The molecule has 0 spiro atoms. The molecule has 31 heavy (non-hydrogen) atoms. The summed E-state index contributed by atoms with van der Waals surface area (Å²) in [6, 6.07) is 18.6. The van der Waals surface area contributed by atoms with Gasteiger partial charge in [-0.1, -0.05) is 41.9 Å². The standard InChI is InChI=1S/C24H18ClN3O3/c1-15-7-12-19-23(31)20(22(30)16-5-3-2-4-6-16)13-28(24(19)26-15)14-21(29)27-18-10-8-17(25)9-11-18/h2-13H,14H2,1H3,(H,27,29). The maximum absolute atomic E-state index is 13.0. The molecule has 4 rings (SSSR count). The number of aryl methyl sites for hydroxylation is 1. The molecular weight excluding hydrogens is 414 g/mol. The average molecular weight is 432 g/mol. The minimum Gasteiger partial charge on any atom is -0.325 e. The number of nitrogens with one attached hydrogen (secondary N) is 1. The van der Waals surface area contributed by atoms with Crippen molar-refractivity contribution in [2.75, 3.05) is 5.32 Å². The number of pyridine rings is 2. The third-order valence-corrected chi connectivity index (χ3v) is 5.04. The number of benzene rings is 2. The van der Waals surface area contributed by atoms with E-state index in [9.17, 15) is 14.4 Å². The molecule has 2 aromatic heterocycles. The summed E-state index contributed by atoms with van der Waals surface area (Å²) in [5.74, 6) is -0.728. The van der Waals surface area contributed by atoms with Crippen LogP contribution in [0, 0.1) is 6.92 Å². The van der Waals surface area contributed by atoms with E-state index in [1.807, 2.05) is 0 Å². The number of carbonyl (C=O) groups is 2. The van der Waals surface area contributed by atoms with E-state index >= 15 is 0 Å². The molecule has 0 saturated carbocycles. The Bertz CT molecular complexity index is 1350. The van der Waals surface area contributed by atoms with Gasteiger partial charge in [-0.3, -0.25) is 14.4 Å². The van der Waals surface area contributed by atoms with Gasteiger partial charge in [-0.15, -0.1) is 0 Å². The van der Waals surface area contributed by atoms with Crippen LogP contribution < -0.4 is 10.7 Å². The topological polar surface area (TPSA) is 81.1 Å². The van der Waals surface area contributed by atoms with Gasteiger partial charge in [0, 0.05) is 28.2 Å². The van der Waals surface area contributed by atoms with Crippen molar-refractivity contribution in [1.82, 2.24) is 9.55 Å². The Labute approximate surface area is 183 Å². The molecule has 4 aromatic rings. The number of amides is 1. The summed E-state index contributed by atoms with van der Waals surface area (Å²) < 4.78 is 1.53. The van der Waals surface area contributed by atoms with Gasteiger partial charge in [0.1, 0.15) is 12.2 Å². The lowest BCUT2D eigenvalue weighted by molar-refractivity contribution is -0.116. The van der Waals surface area contributed by atoms with Crippen LogP contribution in [0.15, 0.2) is 77.7 Å². The molecule has 0 aliphatic carbocycles. The summed E-state index contributed by atoms with van der Waals surface area (Å²) in [5.41, 5.74) is 1.61.